The molecule has 2 rings (SSSR count). The summed E-state index contributed by atoms with van der Waals surface area (Å²) >= 11 is 5.78. The number of carbonyl (C=O) groups is 1. The van der Waals surface area contributed by atoms with E-state index >= 15 is 0 Å². The highest BCUT2D eigenvalue weighted by Gasteiger charge is 2.22. The van der Waals surface area contributed by atoms with Gasteiger partial charge >= 0.3 is 5.97 Å². The van der Waals surface area contributed by atoms with E-state index in [1.807, 2.05) is 6.07 Å². The van der Waals surface area contributed by atoms with Gasteiger partial charge in [0.05, 0.1) is 11.7 Å². The maximum atomic E-state index is 11.2. The Labute approximate surface area is 105 Å². The van der Waals surface area contributed by atoms with Crippen molar-refractivity contribution in [2.45, 2.75) is 31.2 Å². The number of benzene rings is 1. The van der Waals surface area contributed by atoms with Crippen molar-refractivity contribution in [3.8, 4) is 0 Å². The Kier molecular flexibility index (Phi) is 4.02. The molecule has 0 radical (unpaired) electrons. The molecule has 1 heterocycles. The fourth-order valence-electron chi connectivity index (χ4n) is 2.14. The van der Waals surface area contributed by atoms with Crippen molar-refractivity contribution < 1.29 is 14.6 Å². The molecule has 0 spiro atoms. The minimum absolute atomic E-state index is 0.0991. The van der Waals surface area contributed by atoms with E-state index < -0.39 is 5.97 Å². The fourth-order valence-corrected chi connectivity index (χ4v) is 2.31. The van der Waals surface area contributed by atoms with Crippen LogP contribution in [0.2, 0.25) is 0 Å². The average Bonchev–Trinajstić information content (AvgIpc) is 2.39. The Hall–Kier alpha value is -1.06. The maximum Gasteiger partial charge on any atom is 0.336 e. The van der Waals surface area contributed by atoms with Crippen LogP contribution >= 0.6 is 11.6 Å². The molecule has 3 nitrogen and oxygen atoms in total. The number of aromatic carboxylic acids is 1. The van der Waals surface area contributed by atoms with Crippen LogP contribution in [-0.4, -0.2) is 17.7 Å². The van der Waals surface area contributed by atoms with Gasteiger partial charge in [-0.3, -0.25) is 0 Å². The van der Waals surface area contributed by atoms with Crippen molar-refractivity contribution in [3.63, 3.8) is 0 Å². The zero-order chi connectivity index (χ0) is 12.3. The molecular formula is C13H15ClO3. The normalized spacial score (nSPS) is 20.2. The molecule has 1 aliphatic heterocycles. The molecule has 1 saturated heterocycles. The van der Waals surface area contributed by atoms with Crippen molar-refractivity contribution in [1.29, 1.82) is 0 Å². The van der Waals surface area contributed by atoms with Crippen LogP contribution < -0.4 is 0 Å². The zero-order valence-electron chi connectivity index (χ0n) is 9.49. The summed E-state index contributed by atoms with van der Waals surface area (Å²) in [5.41, 5.74) is 2.02. The predicted molar refractivity (Wildman–Crippen MR) is 65.5 cm³/mol. The summed E-state index contributed by atoms with van der Waals surface area (Å²) < 4.78 is 5.65. The molecule has 0 bridgehead atoms. The first-order chi connectivity index (χ1) is 8.22. The van der Waals surface area contributed by atoms with Gasteiger partial charge in [-0.25, -0.2) is 4.79 Å². The van der Waals surface area contributed by atoms with Crippen molar-refractivity contribution >= 4 is 17.6 Å². The van der Waals surface area contributed by atoms with Gasteiger partial charge in [0.15, 0.2) is 0 Å². The lowest BCUT2D eigenvalue weighted by molar-refractivity contribution is 0.0138. The minimum atomic E-state index is -0.907. The second kappa shape index (κ2) is 5.52. The van der Waals surface area contributed by atoms with Gasteiger partial charge in [-0.1, -0.05) is 12.1 Å². The Balaban J connectivity index is 2.36. The third kappa shape index (κ3) is 2.79. The van der Waals surface area contributed by atoms with E-state index in [0.29, 0.717) is 18.1 Å². The smallest absolute Gasteiger partial charge is 0.336 e. The third-order valence-corrected chi connectivity index (χ3v) is 3.34. The lowest BCUT2D eigenvalue weighted by atomic mass is 9.95. The summed E-state index contributed by atoms with van der Waals surface area (Å²) in [7, 11) is 0. The van der Waals surface area contributed by atoms with Crippen molar-refractivity contribution in [1.82, 2.24) is 0 Å². The summed E-state index contributed by atoms with van der Waals surface area (Å²) in [5.74, 6) is -0.519. The highest BCUT2D eigenvalue weighted by Crippen LogP contribution is 2.31. The van der Waals surface area contributed by atoms with E-state index in [1.54, 1.807) is 12.1 Å². The second-order valence-corrected chi connectivity index (χ2v) is 4.48. The fraction of sp³-hybridized carbons (Fsp3) is 0.462. The molecule has 1 aliphatic rings. The summed E-state index contributed by atoms with van der Waals surface area (Å²) in [6, 6.07) is 5.22. The van der Waals surface area contributed by atoms with Crippen LogP contribution in [0.25, 0.3) is 0 Å². The van der Waals surface area contributed by atoms with Gasteiger partial charge in [0.25, 0.3) is 0 Å². The molecule has 4 heteroatoms. The van der Waals surface area contributed by atoms with E-state index in [4.69, 9.17) is 16.3 Å². The predicted octanol–water partition coefficient (Wildman–Crippen LogP) is 3.37. The molecule has 1 atom stereocenters. The highest BCUT2D eigenvalue weighted by atomic mass is 35.5. The van der Waals surface area contributed by atoms with Gasteiger partial charge in [0.1, 0.15) is 0 Å². The van der Waals surface area contributed by atoms with Gasteiger partial charge in [0, 0.05) is 12.5 Å². The van der Waals surface area contributed by atoms with E-state index in [-0.39, 0.29) is 6.10 Å². The van der Waals surface area contributed by atoms with E-state index in [9.17, 15) is 9.90 Å². The Morgan fingerprint density at radius 2 is 2.29 bits per heavy atom. The lowest BCUT2D eigenvalue weighted by Gasteiger charge is -2.24. The largest absolute Gasteiger partial charge is 0.478 e. The maximum absolute atomic E-state index is 11.2. The number of alkyl halides is 1. The van der Waals surface area contributed by atoms with Crippen LogP contribution in [0.15, 0.2) is 18.2 Å². The number of hydrogen-bond acceptors (Lipinski definition) is 2. The lowest BCUT2D eigenvalue weighted by Crippen LogP contribution is -2.15. The van der Waals surface area contributed by atoms with Crippen LogP contribution in [0.3, 0.4) is 0 Å². The average molecular weight is 255 g/mol. The molecule has 1 fully saturated rings. The zero-order valence-corrected chi connectivity index (χ0v) is 10.2. The van der Waals surface area contributed by atoms with E-state index in [2.05, 4.69) is 0 Å². The Morgan fingerprint density at radius 3 is 2.88 bits per heavy atom. The van der Waals surface area contributed by atoms with Gasteiger partial charge in [-0.15, -0.1) is 11.6 Å². The molecule has 1 aromatic rings. The Bertz CT molecular complexity index is 411. The Morgan fingerprint density at radius 1 is 1.47 bits per heavy atom. The number of hydrogen-bond donors (Lipinski definition) is 1. The monoisotopic (exact) mass is 254 g/mol. The molecule has 17 heavy (non-hydrogen) atoms. The van der Waals surface area contributed by atoms with Gasteiger partial charge in [0.2, 0.25) is 0 Å². The molecule has 92 valence electrons. The van der Waals surface area contributed by atoms with Gasteiger partial charge in [-0.2, -0.15) is 0 Å². The van der Waals surface area contributed by atoms with Crippen LogP contribution in [0.1, 0.15) is 46.9 Å². The molecule has 1 unspecified atom stereocenters. The van der Waals surface area contributed by atoms with Gasteiger partial charge in [-0.05, 0) is 36.5 Å². The number of rotatable bonds is 3. The van der Waals surface area contributed by atoms with Crippen molar-refractivity contribution in [3.05, 3.63) is 34.9 Å². The first-order valence-corrected chi connectivity index (χ1v) is 6.29. The van der Waals surface area contributed by atoms with Crippen LogP contribution in [0.5, 0.6) is 0 Å². The van der Waals surface area contributed by atoms with Crippen molar-refractivity contribution in [2.24, 2.45) is 0 Å². The van der Waals surface area contributed by atoms with Crippen LogP contribution in [0, 0.1) is 0 Å². The van der Waals surface area contributed by atoms with E-state index in [1.165, 1.54) is 0 Å². The number of carboxylic acid groups (broad SMARTS) is 1. The molecule has 0 aromatic heterocycles. The topological polar surface area (TPSA) is 46.5 Å². The SMILES string of the molecule is O=C(O)c1ccc(CCl)cc1C1CCCCO1. The second-order valence-electron chi connectivity index (χ2n) is 4.22. The van der Waals surface area contributed by atoms with Crippen LogP contribution in [0.4, 0.5) is 0 Å². The number of carboxylic acids is 1. The first kappa shape index (κ1) is 12.4. The third-order valence-electron chi connectivity index (χ3n) is 3.03. The summed E-state index contributed by atoms with van der Waals surface area (Å²) in [6.07, 6.45) is 2.91. The molecular weight excluding hydrogens is 240 g/mol. The highest BCUT2D eigenvalue weighted by molar-refractivity contribution is 6.17. The summed E-state index contributed by atoms with van der Waals surface area (Å²) in [4.78, 5) is 11.2. The molecule has 0 amide bonds. The van der Waals surface area contributed by atoms with Gasteiger partial charge < -0.3 is 9.84 Å². The first-order valence-electron chi connectivity index (χ1n) is 5.76. The minimum Gasteiger partial charge on any atom is -0.478 e. The quantitative estimate of drug-likeness (QED) is 0.842. The van der Waals surface area contributed by atoms with Crippen LogP contribution in [-0.2, 0) is 10.6 Å². The van der Waals surface area contributed by atoms with E-state index in [0.717, 1.165) is 30.4 Å². The molecule has 0 saturated carbocycles. The summed E-state index contributed by atoms with van der Waals surface area (Å²) in [6.45, 7) is 0.703. The number of halogens is 1. The van der Waals surface area contributed by atoms with Crippen molar-refractivity contribution in [2.75, 3.05) is 6.61 Å². The summed E-state index contributed by atoms with van der Waals surface area (Å²) in [5, 5.41) is 9.17. The molecule has 1 aromatic carbocycles. The molecule has 1 N–H and O–H groups in total. The molecule has 0 aliphatic carbocycles. The number of ether oxygens (including phenoxy) is 1. The standard InChI is InChI=1S/C13H15ClO3/c14-8-9-4-5-10(13(15)16)11(7-9)12-3-1-2-6-17-12/h4-5,7,12H,1-3,6,8H2,(H,15,16).